The quantitative estimate of drug-likeness (QED) is 0.0890. The third kappa shape index (κ3) is 16.0. The summed E-state index contributed by atoms with van der Waals surface area (Å²) in [7, 11) is 0. The van der Waals surface area contributed by atoms with Gasteiger partial charge in [0.05, 0.1) is 18.8 Å². The molecular weight excluding hydrogens is 776 g/mol. The predicted octanol–water partition coefficient (Wildman–Crippen LogP) is 9.82. The van der Waals surface area contributed by atoms with Crippen LogP contribution in [0.3, 0.4) is 0 Å². The first-order chi connectivity index (χ1) is 23.7. The SMILES string of the molecule is CCOC(CN(C(=O)c1ccccc1)c1ccccc1Br)OCC.CCOC(CNc1ccccc1Br)OCC.O=C(Cl)c1ccccc1. The van der Waals surface area contributed by atoms with Gasteiger partial charge in [-0.15, -0.1) is 0 Å². The van der Waals surface area contributed by atoms with E-state index in [9.17, 15) is 9.59 Å². The van der Waals surface area contributed by atoms with Crippen LogP contribution in [0.5, 0.6) is 0 Å². The van der Waals surface area contributed by atoms with Crippen LogP contribution in [0.2, 0.25) is 0 Å². The molecule has 1 N–H and O–H groups in total. The zero-order chi connectivity index (χ0) is 35.9. The van der Waals surface area contributed by atoms with Gasteiger partial charge >= 0.3 is 0 Å². The summed E-state index contributed by atoms with van der Waals surface area (Å²) < 4.78 is 24.0. The Kier molecular flexibility index (Phi) is 21.4. The molecule has 0 atom stereocenters. The average Bonchev–Trinajstić information content (AvgIpc) is 3.12. The number of carbonyl (C=O) groups excluding carboxylic acids is 2. The van der Waals surface area contributed by atoms with Crippen LogP contribution in [-0.2, 0) is 18.9 Å². The number of ether oxygens (including phenoxy) is 4. The molecule has 0 fully saturated rings. The van der Waals surface area contributed by atoms with Gasteiger partial charge in [0.25, 0.3) is 11.1 Å². The molecule has 0 radical (unpaired) electrons. The second kappa shape index (κ2) is 25.0. The summed E-state index contributed by atoms with van der Waals surface area (Å²) in [5.41, 5.74) is 3.00. The van der Waals surface area contributed by atoms with E-state index in [1.165, 1.54) is 0 Å². The minimum absolute atomic E-state index is 0.0908. The Bertz CT molecular complexity index is 1490. The fourth-order valence-electron chi connectivity index (χ4n) is 4.28. The Labute approximate surface area is 312 Å². The number of hydrogen-bond donors (Lipinski definition) is 1. The minimum Gasteiger partial charge on any atom is -0.379 e. The summed E-state index contributed by atoms with van der Waals surface area (Å²) in [6.45, 7) is 11.1. The number of rotatable bonds is 16. The van der Waals surface area contributed by atoms with E-state index in [2.05, 4.69) is 37.2 Å². The van der Waals surface area contributed by atoms with Crippen LogP contribution in [0.15, 0.2) is 118 Å². The number of nitrogens with one attached hydrogen (secondary N) is 1. The van der Waals surface area contributed by atoms with Crippen LogP contribution >= 0.6 is 43.5 Å². The normalized spacial score (nSPS) is 10.5. The molecule has 0 aliphatic carbocycles. The van der Waals surface area contributed by atoms with Crippen molar-refractivity contribution in [3.63, 3.8) is 0 Å². The molecule has 4 aromatic rings. The Morgan fingerprint density at radius 2 is 1.08 bits per heavy atom. The molecule has 0 heterocycles. The zero-order valence-corrected chi connectivity index (χ0v) is 32.2. The molecule has 0 aromatic heterocycles. The fourth-order valence-corrected chi connectivity index (χ4v) is 5.33. The summed E-state index contributed by atoms with van der Waals surface area (Å²) >= 11 is 12.2. The van der Waals surface area contributed by atoms with Gasteiger partial charge in [-0.05, 0) is 108 Å². The minimum atomic E-state index is -0.472. The Morgan fingerprint density at radius 3 is 1.55 bits per heavy atom. The Hall–Kier alpha value is -3.09. The van der Waals surface area contributed by atoms with Crippen molar-refractivity contribution in [2.75, 3.05) is 49.7 Å². The number of para-hydroxylation sites is 2. The van der Waals surface area contributed by atoms with Gasteiger partial charge in [0, 0.05) is 52.2 Å². The van der Waals surface area contributed by atoms with Gasteiger partial charge in [-0.1, -0.05) is 72.8 Å². The van der Waals surface area contributed by atoms with E-state index in [0.29, 0.717) is 50.6 Å². The smallest absolute Gasteiger partial charge is 0.258 e. The van der Waals surface area contributed by atoms with Gasteiger partial charge in [0.15, 0.2) is 12.6 Å². The van der Waals surface area contributed by atoms with E-state index in [1.807, 2.05) is 113 Å². The number of amides is 1. The van der Waals surface area contributed by atoms with Crippen molar-refractivity contribution < 1.29 is 28.5 Å². The lowest BCUT2D eigenvalue weighted by atomic mass is 10.1. The van der Waals surface area contributed by atoms with Crippen molar-refractivity contribution in [1.29, 1.82) is 0 Å². The molecule has 0 aliphatic heterocycles. The first-order valence-corrected chi connectivity index (χ1v) is 18.0. The number of nitrogens with zero attached hydrogens (tertiary/aromatic N) is 1. The Balaban J connectivity index is 0.000000285. The standard InChI is InChI=1S/C19H22BrNO3.C12H18BrNO2.C7H5ClO/c1-3-23-18(24-4-2)14-21(17-13-9-8-12-16(17)20)19(22)15-10-6-5-7-11-15;1-3-15-12(16-4-2)9-14-11-8-6-5-7-10(11)13;8-7(9)6-4-2-1-3-5-6/h5-13,18H,3-4,14H2,1-2H3;5-8,12,14H,3-4,9H2,1-2H3;1-5H. The summed E-state index contributed by atoms with van der Waals surface area (Å²) in [4.78, 5) is 25.1. The molecule has 1 amide bonds. The van der Waals surface area contributed by atoms with E-state index in [-0.39, 0.29) is 12.2 Å². The van der Waals surface area contributed by atoms with Crippen molar-refractivity contribution in [2.45, 2.75) is 40.3 Å². The van der Waals surface area contributed by atoms with Crippen molar-refractivity contribution in [3.05, 3.63) is 129 Å². The molecule has 0 saturated carbocycles. The lowest BCUT2D eigenvalue weighted by molar-refractivity contribution is -0.128. The van der Waals surface area contributed by atoms with Crippen LogP contribution in [-0.4, -0.2) is 63.2 Å². The van der Waals surface area contributed by atoms with E-state index in [4.69, 9.17) is 30.5 Å². The summed E-state index contributed by atoms with van der Waals surface area (Å²) in [6.07, 6.45) is -0.665. The van der Waals surface area contributed by atoms with Gasteiger partial charge in [0.1, 0.15) is 0 Å². The highest BCUT2D eigenvalue weighted by atomic mass is 79.9. The fraction of sp³-hybridized carbons (Fsp3) is 0.316. The first kappa shape index (κ1) is 42.1. The van der Waals surface area contributed by atoms with Crippen LogP contribution in [0.4, 0.5) is 11.4 Å². The first-order valence-electron chi connectivity index (χ1n) is 16.1. The average molecular weight is 821 g/mol. The number of carbonyl (C=O) groups is 2. The van der Waals surface area contributed by atoms with Crippen molar-refractivity contribution in [2.24, 2.45) is 0 Å². The zero-order valence-electron chi connectivity index (χ0n) is 28.3. The molecule has 0 aliphatic rings. The monoisotopic (exact) mass is 818 g/mol. The number of benzene rings is 4. The highest BCUT2D eigenvalue weighted by Gasteiger charge is 2.24. The number of halogens is 3. The van der Waals surface area contributed by atoms with E-state index in [0.717, 1.165) is 20.3 Å². The highest BCUT2D eigenvalue weighted by Crippen LogP contribution is 2.28. The van der Waals surface area contributed by atoms with Crippen molar-refractivity contribution in [1.82, 2.24) is 0 Å². The lowest BCUT2D eigenvalue weighted by Gasteiger charge is -2.28. The molecule has 0 bridgehead atoms. The van der Waals surface area contributed by atoms with Crippen LogP contribution in [0, 0.1) is 0 Å². The van der Waals surface area contributed by atoms with Gasteiger partial charge < -0.3 is 29.2 Å². The molecule has 0 unspecified atom stereocenters. The van der Waals surface area contributed by atoms with Gasteiger partial charge in [-0.25, -0.2) is 0 Å². The topological polar surface area (TPSA) is 86.3 Å². The predicted molar refractivity (Wildman–Crippen MR) is 206 cm³/mol. The van der Waals surface area contributed by atoms with Crippen molar-refractivity contribution >= 4 is 66.0 Å². The third-order valence-electron chi connectivity index (χ3n) is 6.48. The molecule has 8 nitrogen and oxygen atoms in total. The van der Waals surface area contributed by atoms with Gasteiger partial charge in [-0.3, -0.25) is 9.59 Å². The maximum atomic E-state index is 13.0. The largest absolute Gasteiger partial charge is 0.379 e. The molecule has 49 heavy (non-hydrogen) atoms. The van der Waals surface area contributed by atoms with Crippen LogP contribution < -0.4 is 10.2 Å². The maximum Gasteiger partial charge on any atom is 0.258 e. The highest BCUT2D eigenvalue weighted by molar-refractivity contribution is 9.11. The van der Waals surface area contributed by atoms with E-state index >= 15 is 0 Å². The van der Waals surface area contributed by atoms with Gasteiger partial charge in [0.2, 0.25) is 0 Å². The second-order valence-corrected chi connectivity index (χ2v) is 12.0. The maximum absolute atomic E-state index is 13.0. The van der Waals surface area contributed by atoms with Crippen LogP contribution in [0.25, 0.3) is 0 Å². The molecule has 264 valence electrons. The molecule has 11 heteroatoms. The third-order valence-corrected chi connectivity index (χ3v) is 8.07. The molecule has 0 spiro atoms. The lowest BCUT2D eigenvalue weighted by Crippen LogP contribution is -2.40. The summed E-state index contributed by atoms with van der Waals surface area (Å²) in [5.74, 6) is -0.0908. The van der Waals surface area contributed by atoms with Gasteiger partial charge in [-0.2, -0.15) is 0 Å². The summed E-state index contributed by atoms with van der Waals surface area (Å²) in [6, 6.07) is 33.6. The molecule has 0 saturated heterocycles. The van der Waals surface area contributed by atoms with Crippen molar-refractivity contribution in [3.8, 4) is 0 Å². The second-order valence-electron chi connectivity index (χ2n) is 9.91. The molecule has 4 aromatic carbocycles. The molecular formula is C38H45Br2ClN2O6. The van der Waals surface area contributed by atoms with E-state index < -0.39 is 11.5 Å². The van der Waals surface area contributed by atoms with E-state index in [1.54, 1.807) is 29.2 Å². The number of anilines is 2. The summed E-state index contributed by atoms with van der Waals surface area (Å²) in [5, 5.41) is 2.88. The van der Waals surface area contributed by atoms with Crippen LogP contribution in [0.1, 0.15) is 48.4 Å². The number of hydrogen-bond acceptors (Lipinski definition) is 7. The Morgan fingerprint density at radius 1 is 0.633 bits per heavy atom. The molecule has 4 rings (SSSR count).